The summed E-state index contributed by atoms with van der Waals surface area (Å²) in [4.78, 5) is 0. The Balaban J connectivity index is 2.49. The van der Waals surface area contributed by atoms with Crippen molar-refractivity contribution in [3.8, 4) is 5.69 Å². The Hall–Kier alpha value is -1.55. The van der Waals surface area contributed by atoms with Gasteiger partial charge in [-0.15, -0.1) is 0 Å². The largest absolute Gasteiger partial charge is 0.395 e. The van der Waals surface area contributed by atoms with Gasteiger partial charge in [-0.1, -0.05) is 11.6 Å². The van der Waals surface area contributed by atoms with Gasteiger partial charge in [-0.3, -0.25) is 0 Å². The lowest BCUT2D eigenvalue weighted by Crippen LogP contribution is -1.96. The zero-order chi connectivity index (χ0) is 10.1. The molecule has 1 aromatic heterocycles. The molecule has 0 atom stereocenters. The van der Waals surface area contributed by atoms with Gasteiger partial charge in [0.25, 0.3) is 0 Å². The molecule has 0 bridgehead atoms. The van der Waals surface area contributed by atoms with Gasteiger partial charge in [0.2, 0.25) is 0 Å². The molecule has 0 unspecified atom stereocenters. The van der Waals surface area contributed by atoms with E-state index in [1.165, 1.54) is 23.0 Å². The maximum Gasteiger partial charge on any atom is 0.155 e. The molecule has 0 saturated carbocycles. The Bertz CT molecular complexity index is 450. The summed E-state index contributed by atoms with van der Waals surface area (Å²) in [5, 5.41) is 4.28. The highest BCUT2D eigenvalue weighted by Gasteiger charge is 2.06. The molecular formula is C9H7ClFN3. The highest BCUT2D eigenvalue weighted by Crippen LogP contribution is 2.21. The first-order valence-corrected chi connectivity index (χ1v) is 4.31. The second kappa shape index (κ2) is 3.31. The molecule has 3 nitrogen and oxygen atoms in total. The van der Waals surface area contributed by atoms with Crippen LogP contribution in [0, 0.1) is 5.82 Å². The van der Waals surface area contributed by atoms with Gasteiger partial charge in [0.15, 0.2) is 5.15 Å². The van der Waals surface area contributed by atoms with Crippen molar-refractivity contribution in [1.82, 2.24) is 9.78 Å². The van der Waals surface area contributed by atoms with Gasteiger partial charge in [0, 0.05) is 0 Å². The molecule has 2 N–H and O–H groups in total. The van der Waals surface area contributed by atoms with Crippen LogP contribution in [0.4, 0.5) is 10.1 Å². The van der Waals surface area contributed by atoms with Crippen LogP contribution in [0.3, 0.4) is 0 Å². The van der Waals surface area contributed by atoms with Gasteiger partial charge >= 0.3 is 0 Å². The average Bonchev–Trinajstić information content (AvgIpc) is 2.50. The molecule has 0 aliphatic carbocycles. The molecule has 0 spiro atoms. The Morgan fingerprint density at radius 2 is 1.93 bits per heavy atom. The predicted octanol–water partition coefficient (Wildman–Crippen LogP) is 2.25. The van der Waals surface area contributed by atoms with E-state index in [0.717, 1.165) is 0 Å². The first-order chi connectivity index (χ1) is 6.68. The standard InChI is InChI=1S/C9H7ClFN3/c10-9-8(12)5-13-14(9)7-3-1-6(11)2-4-7/h1-5H,12H2. The number of benzene rings is 1. The smallest absolute Gasteiger partial charge is 0.155 e. The maximum atomic E-state index is 12.6. The van der Waals surface area contributed by atoms with Crippen LogP contribution in [0.1, 0.15) is 0 Å². The molecule has 0 aliphatic rings. The highest BCUT2D eigenvalue weighted by atomic mass is 35.5. The third-order valence-electron chi connectivity index (χ3n) is 1.81. The van der Waals surface area contributed by atoms with E-state index >= 15 is 0 Å². The fraction of sp³-hybridized carbons (Fsp3) is 0. The van der Waals surface area contributed by atoms with E-state index < -0.39 is 0 Å². The van der Waals surface area contributed by atoms with Crippen LogP contribution in [-0.4, -0.2) is 9.78 Å². The molecular weight excluding hydrogens is 205 g/mol. The van der Waals surface area contributed by atoms with E-state index in [2.05, 4.69) is 5.10 Å². The Morgan fingerprint density at radius 3 is 2.43 bits per heavy atom. The molecule has 2 aromatic rings. The number of nitrogen functional groups attached to an aromatic ring is 1. The molecule has 1 heterocycles. The summed E-state index contributed by atoms with van der Waals surface area (Å²) in [7, 11) is 0. The van der Waals surface area contributed by atoms with Crippen molar-refractivity contribution < 1.29 is 4.39 Å². The van der Waals surface area contributed by atoms with Crippen molar-refractivity contribution in [3.05, 3.63) is 41.4 Å². The fourth-order valence-corrected chi connectivity index (χ4v) is 1.30. The lowest BCUT2D eigenvalue weighted by Gasteiger charge is -2.02. The molecule has 0 radical (unpaired) electrons. The molecule has 0 saturated heterocycles. The van der Waals surface area contributed by atoms with Gasteiger partial charge in [-0.05, 0) is 24.3 Å². The zero-order valence-electron chi connectivity index (χ0n) is 7.11. The lowest BCUT2D eigenvalue weighted by molar-refractivity contribution is 0.627. The summed E-state index contributed by atoms with van der Waals surface area (Å²) in [5.74, 6) is -0.301. The summed E-state index contributed by atoms with van der Waals surface area (Å²) in [5.41, 5.74) is 6.59. The molecule has 0 amide bonds. The van der Waals surface area contributed by atoms with Crippen molar-refractivity contribution >= 4 is 17.3 Å². The molecule has 72 valence electrons. The molecule has 0 fully saturated rings. The van der Waals surface area contributed by atoms with Crippen molar-refractivity contribution in [1.29, 1.82) is 0 Å². The van der Waals surface area contributed by atoms with Gasteiger partial charge in [0.1, 0.15) is 5.82 Å². The van der Waals surface area contributed by atoms with Gasteiger partial charge in [-0.25, -0.2) is 9.07 Å². The number of halogens is 2. The predicted molar refractivity (Wildman–Crippen MR) is 52.9 cm³/mol. The van der Waals surface area contributed by atoms with E-state index in [9.17, 15) is 4.39 Å². The van der Waals surface area contributed by atoms with Crippen molar-refractivity contribution in [2.24, 2.45) is 0 Å². The third kappa shape index (κ3) is 1.44. The minimum absolute atomic E-state index is 0.301. The highest BCUT2D eigenvalue weighted by molar-refractivity contribution is 6.32. The Kier molecular flexibility index (Phi) is 2.13. The Labute approximate surface area is 84.9 Å². The van der Waals surface area contributed by atoms with Crippen LogP contribution in [0.25, 0.3) is 5.69 Å². The normalized spacial score (nSPS) is 10.4. The number of nitrogens with zero attached hydrogens (tertiary/aromatic N) is 2. The quantitative estimate of drug-likeness (QED) is 0.786. The van der Waals surface area contributed by atoms with Crippen LogP contribution in [-0.2, 0) is 0 Å². The van der Waals surface area contributed by atoms with Crippen molar-refractivity contribution in [2.75, 3.05) is 5.73 Å². The monoisotopic (exact) mass is 211 g/mol. The van der Waals surface area contributed by atoms with E-state index in [1.54, 1.807) is 12.1 Å². The van der Waals surface area contributed by atoms with Crippen molar-refractivity contribution in [2.45, 2.75) is 0 Å². The maximum absolute atomic E-state index is 12.6. The zero-order valence-corrected chi connectivity index (χ0v) is 7.87. The fourth-order valence-electron chi connectivity index (χ4n) is 1.11. The number of aromatic nitrogens is 2. The molecule has 5 heteroatoms. The SMILES string of the molecule is Nc1cnn(-c2ccc(F)cc2)c1Cl. The summed E-state index contributed by atoms with van der Waals surface area (Å²) in [6.45, 7) is 0. The molecule has 2 rings (SSSR count). The van der Waals surface area contributed by atoms with Gasteiger partial charge in [-0.2, -0.15) is 5.10 Å². The molecule has 14 heavy (non-hydrogen) atoms. The molecule has 1 aromatic carbocycles. The average molecular weight is 212 g/mol. The molecule has 0 aliphatic heterocycles. The van der Waals surface area contributed by atoms with Gasteiger partial charge in [0.05, 0.1) is 17.6 Å². The van der Waals surface area contributed by atoms with E-state index in [1.807, 2.05) is 0 Å². The minimum Gasteiger partial charge on any atom is -0.395 e. The number of hydrogen-bond acceptors (Lipinski definition) is 2. The number of rotatable bonds is 1. The van der Waals surface area contributed by atoms with Gasteiger partial charge < -0.3 is 5.73 Å². The second-order valence-electron chi connectivity index (χ2n) is 2.78. The number of hydrogen-bond donors (Lipinski definition) is 1. The first kappa shape index (κ1) is 9.02. The van der Waals surface area contributed by atoms with Crippen LogP contribution < -0.4 is 5.73 Å². The van der Waals surface area contributed by atoms with E-state index in [0.29, 0.717) is 16.5 Å². The van der Waals surface area contributed by atoms with Crippen LogP contribution >= 0.6 is 11.6 Å². The minimum atomic E-state index is -0.301. The van der Waals surface area contributed by atoms with Crippen LogP contribution in [0.2, 0.25) is 5.15 Å². The van der Waals surface area contributed by atoms with Crippen LogP contribution in [0.15, 0.2) is 30.5 Å². The first-order valence-electron chi connectivity index (χ1n) is 3.93. The van der Waals surface area contributed by atoms with E-state index in [-0.39, 0.29) is 5.82 Å². The number of anilines is 1. The van der Waals surface area contributed by atoms with E-state index in [4.69, 9.17) is 17.3 Å². The second-order valence-corrected chi connectivity index (χ2v) is 3.14. The van der Waals surface area contributed by atoms with Crippen molar-refractivity contribution in [3.63, 3.8) is 0 Å². The topological polar surface area (TPSA) is 43.8 Å². The summed E-state index contributed by atoms with van der Waals surface area (Å²) in [6, 6.07) is 5.83. The van der Waals surface area contributed by atoms with Crippen LogP contribution in [0.5, 0.6) is 0 Å². The summed E-state index contributed by atoms with van der Waals surface area (Å²) in [6.07, 6.45) is 1.45. The number of nitrogens with two attached hydrogens (primary N) is 1. The third-order valence-corrected chi connectivity index (χ3v) is 2.19. The summed E-state index contributed by atoms with van der Waals surface area (Å²) < 4.78 is 14.1. The summed E-state index contributed by atoms with van der Waals surface area (Å²) >= 11 is 5.86. The lowest BCUT2D eigenvalue weighted by atomic mass is 10.3. The Morgan fingerprint density at radius 1 is 1.29 bits per heavy atom.